The Hall–Kier alpha value is -1.96. The fraction of sp³-hybridized carbons (Fsp3) is 0.733. The number of hydrogen-bond acceptors (Lipinski definition) is 6. The van der Waals surface area contributed by atoms with Crippen molar-refractivity contribution in [1.82, 2.24) is 4.90 Å². The van der Waals surface area contributed by atoms with Crippen LogP contribution in [-0.2, 0) is 4.74 Å². The van der Waals surface area contributed by atoms with E-state index in [0.29, 0.717) is 13.1 Å². The van der Waals surface area contributed by atoms with Gasteiger partial charge in [0.25, 0.3) is 11.4 Å². The van der Waals surface area contributed by atoms with E-state index in [1.54, 1.807) is 18.7 Å². The van der Waals surface area contributed by atoms with Crippen LogP contribution in [0.15, 0.2) is 23.2 Å². The molecule has 2 unspecified atom stereocenters. The van der Waals surface area contributed by atoms with E-state index in [0.717, 1.165) is 12.8 Å². The van der Waals surface area contributed by atoms with E-state index in [9.17, 15) is 20.2 Å². The third-order valence-corrected chi connectivity index (χ3v) is 4.31. The Kier molecular flexibility index (Phi) is 6.26. The fourth-order valence-electron chi connectivity index (χ4n) is 2.89. The maximum Gasteiger partial charge on any atom is 0.298 e. The topological polar surface area (TPSA) is 98.8 Å². The zero-order valence-corrected chi connectivity index (χ0v) is 14.4. The molecule has 0 fully saturated rings. The van der Waals surface area contributed by atoms with Gasteiger partial charge >= 0.3 is 0 Å². The van der Waals surface area contributed by atoms with Crippen molar-refractivity contribution in [3.8, 4) is 0 Å². The first-order valence-electron chi connectivity index (χ1n) is 7.79. The third kappa shape index (κ3) is 3.69. The number of nitro groups is 2. The van der Waals surface area contributed by atoms with Gasteiger partial charge < -0.3 is 9.64 Å². The molecule has 0 radical (unpaired) electrons. The second-order valence-corrected chi connectivity index (χ2v) is 5.87. The largest absolute Gasteiger partial charge is 0.373 e. The Morgan fingerprint density at radius 1 is 1.22 bits per heavy atom. The Bertz CT molecular complexity index is 537. The molecule has 0 N–H and O–H groups in total. The molecule has 2 atom stereocenters. The lowest BCUT2D eigenvalue weighted by molar-refractivity contribution is -0.451. The van der Waals surface area contributed by atoms with Gasteiger partial charge in [0.05, 0.1) is 15.8 Å². The molecule has 0 saturated heterocycles. The Labute approximate surface area is 136 Å². The van der Waals surface area contributed by atoms with Gasteiger partial charge in [-0.3, -0.25) is 20.2 Å². The second-order valence-electron chi connectivity index (χ2n) is 5.87. The van der Waals surface area contributed by atoms with Gasteiger partial charge in [-0.15, -0.1) is 0 Å². The highest BCUT2D eigenvalue weighted by molar-refractivity contribution is 5.36. The van der Waals surface area contributed by atoms with Crippen molar-refractivity contribution in [3.63, 3.8) is 0 Å². The van der Waals surface area contributed by atoms with E-state index in [-0.39, 0.29) is 17.1 Å². The van der Waals surface area contributed by atoms with Crippen LogP contribution in [0.5, 0.6) is 0 Å². The van der Waals surface area contributed by atoms with Gasteiger partial charge in [0, 0.05) is 26.3 Å². The number of hydrogen-bond donors (Lipinski definition) is 0. The van der Waals surface area contributed by atoms with E-state index < -0.39 is 21.4 Å². The summed E-state index contributed by atoms with van der Waals surface area (Å²) in [6.07, 6.45) is 2.89. The van der Waals surface area contributed by atoms with Crippen LogP contribution in [0.1, 0.15) is 40.5 Å². The van der Waals surface area contributed by atoms with E-state index in [1.807, 2.05) is 13.8 Å². The smallest absolute Gasteiger partial charge is 0.298 e. The summed E-state index contributed by atoms with van der Waals surface area (Å²) in [4.78, 5) is 23.9. The first kappa shape index (κ1) is 19.1. The van der Waals surface area contributed by atoms with Gasteiger partial charge in [0.2, 0.25) is 0 Å². The van der Waals surface area contributed by atoms with Crippen molar-refractivity contribution in [2.45, 2.75) is 46.1 Å². The van der Waals surface area contributed by atoms with Crippen LogP contribution in [0, 0.1) is 26.1 Å². The third-order valence-electron chi connectivity index (χ3n) is 4.31. The lowest BCUT2D eigenvalue weighted by Crippen LogP contribution is -2.44. The molecule has 1 aliphatic carbocycles. The first-order chi connectivity index (χ1) is 10.7. The molecule has 0 spiro atoms. The lowest BCUT2D eigenvalue weighted by atomic mass is 9.81. The predicted molar refractivity (Wildman–Crippen MR) is 85.8 cm³/mol. The van der Waals surface area contributed by atoms with Gasteiger partial charge in [0.15, 0.2) is 5.70 Å². The average Bonchev–Trinajstić information content (AvgIpc) is 2.48. The van der Waals surface area contributed by atoms with Crippen LogP contribution in [0.25, 0.3) is 0 Å². The molecule has 0 amide bonds. The average molecular weight is 327 g/mol. The summed E-state index contributed by atoms with van der Waals surface area (Å²) >= 11 is 0. The van der Waals surface area contributed by atoms with E-state index in [2.05, 4.69) is 0 Å². The second kappa shape index (κ2) is 7.54. The van der Waals surface area contributed by atoms with Crippen molar-refractivity contribution in [2.24, 2.45) is 5.92 Å². The lowest BCUT2D eigenvalue weighted by Gasteiger charge is -2.35. The number of ether oxygens (including phenoxy) is 1. The van der Waals surface area contributed by atoms with E-state index in [4.69, 9.17) is 4.74 Å². The van der Waals surface area contributed by atoms with Gasteiger partial charge in [-0.2, -0.15) is 0 Å². The van der Waals surface area contributed by atoms with Gasteiger partial charge in [-0.05, 0) is 26.7 Å². The summed E-state index contributed by atoms with van der Waals surface area (Å²) < 4.78 is 5.36. The molecule has 0 aliphatic heterocycles. The van der Waals surface area contributed by atoms with Crippen molar-refractivity contribution < 1.29 is 14.6 Å². The molecule has 1 aliphatic rings. The maximum atomic E-state index is 11.7. The van der Waals surface area contributed by atoms with E-state index >= 15 is 0 Å². The normalized spacial score (nSPS) is 24.4. The minimum atomic E-state index is -1.08. The van der Waals surface area contributed by atoms with Crippen molar-refractivity contribution in [3.05, 3.63) is 43.4 Å². The zero-order chi connectivity index (χ0) is 17.8. The maximum absolute atomic E-state index is 11.7. The summed E-state index contributed by atoms with van der Waals surface area (Å²) in [5.41, 5.74) is -1.37. The van der Waals surface area contributed by atoms with E-state index in [1.165, 1.54) is 13.2 Å². The van der Waals surface area contributed by atoms with Crippen LogP contribution >= 0.6 is 0 Å². The van der Waals surface area contributed by atoms with Crippen molar-refractivity contribution >= 4 is 0 Å². The van der Waals surface area contributed by atoms with Gasteiger partial charge in [0.1, 0.15) is 5.60 Å². The van der Waals surface area contributed by atoms with Crippen LogP contribution in [-0.4, -0.2) is 40.5 Å². The summed E-state index contributed by atoms with van der Waals surface area (Å²) in [5.74, 6) is -0.600. The Morgan fingerprint density at radius 3 is 2.09 bits per heavy atom. The summed E-state index contributed by atoms with van der Waals surface area (Å²) in [5, 5.41) is 23.2. The SMILES string of the molecule is CCCN(CCC)C1=C([N+](=O)[O-])C(C)C(C)(OC)C=C1[N+](=O)[O-]. The summed E-state index contributed by atoms with van der Waals surface area (Å²) in [6, 6.07) is 0. The highest BCUT2D eigenvalue weighted by atomic mass is 16.6. The standard InChI is InChI=1S/C15H25N3O5/c1-6-8-16(9-7-2)14-12(17(19)20)10-15(4,23-5)11(3)13(14)18(21)22/h10-11H,6-9H2,1-5H3. The molecule has 0 saturated carbocycles. The van der Waals surface area contributed by atoms with Crippen molar-refractivity contribution in [2.75, 3.05) is 20.2 Å². The minimum absolute atomic E-state index is 0.116. The molecule has 0 aromatic carbocycles. The Balaban J connectivity index is 3.62. The van der Waals surface area contributed by atoms with Gasteiger partial charge in [-0.1, -0.05) is 13.8 Å². The van der Waals surface area contributed by atoms with Gasteiger partial charge in [-0.25, -0.2) is 0 Å². The molecule has 130 valence electrons. The predicted octanol–water partition coefficient (Wildman–Crippen LogP) is 2.81. The molecule has 0 heterocycles. The number of rotatable bonds is 8. The zero-order valence-electron chi connectivity index (χ0n) is 14.4. The molecule has 23 heavy (non-hydrogen) atoms. The number of methoxy groups -OCH3 is 1. The fourth-order valence-corrected chi connectivity index (χ4v) is 2.89. The van der Waals surface area contributed by atoms with Crippen LogP contribution in [0.3, 0.4) is 0 Å². The molecule has 8 heteroatoms. The minimum Gasteiger partial charge on any atom is -0.373 e. The Morgan fingerprint density at radius 2 is 1.74 bits per heavy atom. The van der Waals surface area contributed by atoms with Crippen LogP contribution in [0.4, 0.5) is 0 Å². The van der Waals surface area contributed by atoms with Crippen molar-refractivity contribution in [1.29, 1.82) is 0 Å². The molecular weight excluding hydrogens is 302 g/mol. The summed E-state index contributed by atoms with van der Waals surface area (Å²) in [6.45, 7) is 8.24. The molecule has 0 bridgehead atoms. The highest BCUT2D eigenvalue weighted by Crippen LogP contribution is 2.40. The molecule has 1 rings (SSSR count). The first-order valence-corrected chi connectivity index (χ1v) is 7.79. The molecule has 0 aromatic rings. The molecule has 8 nitrogen and oxygen atoms in total. The highest BCUT2D eigenvalue weighted by Gasteiger charge is 2.49. The monoisotopic (exact) mass is 327 g/mol. The van der Waals surface area contributed by atoms with Crippen LogP contribution in [0.2, 0.25) is 0 Å². The van der Waals surface area contributed by atoms with Crippen LogP contribution < -0.4 is 0 Å². The molecule has 0 aromatic heterocycles. The molecular formula is C15H25N3O5. The number of nitrogens with zero attached hydrogens (tertiary/aromatic N) is 3. The quantitative estimate of drug-likeness (QED) is 0.502. The summed E-state index contributed by atoms with van der Waals surface area (Å²) in [7, 11) is 1.41.